The van der Waals surface area contributed by atoms with Gasteiger partial charge in [0.2, 0.25) is 0 Å². The predicted octanol–water partition coefficient (Wildman–Crippen LogP) is 2.73. The molecule has 1 nitrogen and oxygen atoms in total. The average molecular weight is 284 g/mol. The minimum absolute atomic E-state index is 0. The van der Waals surface area contributed by atoms with Crippen LogP contribution in [0.5, 0.6) is 0 Å². The Bertz CT molecular complexity index is 225. The quantitative estimate of drug-likeness (QED) is 0.788. The van der Waals surface area contributed by atoms with Gasteiger partial charge in [-0.15, -0.1) is 12.4 Å². The van der Waals surface area contributed by atoms with E-state index in [2.05, 4.69) is 34.7 Å². The highest BCUT2D eigenvalue weighted by molar-refractivity contribution is 14.1. The SMILES string of the molecule is C[C@@H](N)c1ccccc1I.Cl. The zero-order chi connectivity index (χ0) is 7.56. The number of rotatable bonds is 1. The van der Waals surface area contributed by atoms with Crippen molar-refractivity contribution in [1.29, 1.82) is 0 Å². The van der Waals surface area contributed by atoms with Crippen molar-refractivity contribution < 1.29 is 0 Å². The van der Waals surface area contributed by atoms with E-state index in [4.69, 9.17) is 5.73 Å². The number of hydrogen-bond donors (Lipinski definition) is 1. The van der Waals surface area contributed by atoms with E-state index in [0.717, 1.165) is 0 Å². The molecule has 0 saturated heterocycles. The van der Waals surface area contributed by atoms with E-state index in [1.807, 2.05) is 19.1 Å². The first-order valence-electron chi connectivity index (χ1n) is 3.22. The number of benzene rings is 1. The lowest BCUT2D eigenvalue weighted by Crippen LogP contribution is -2.06. The van der Waals surface area contributed by atoms with Crippen LogP contribution in [0.4, 0.5) is 0 Å². The molecule has 3 heteroatoms. The molecule has 0 spiro atoms. The van der Waals surface area contributed by atoms with E-state index in [9.17, 15) is 0 Å². The molecular weight excluding hydrogens is 272 g/mol. The molecular formula is C8H11ClIN. The summed E-state index contributed by atoms with van der Waals surface area (Å²) in [5, 5.41) is 0. The van der Waals surface area contributed by atoms with Crippen molar-refractivity contribution in [1.82, 2.24) is 0 Å². The fraction of sp³-hybridized carbons (Fsp3) is 0.250. The van der Waals surface area contributed by atoms with Crippen molar-refractivity contribution in [3.05, 3.63) is 33.4 Å². The molecule has 0 aliphatic carbocycles. The molecule has 62 valence electrons. The van der Waals surface area contributed by atoms with Crippen molar-refractivity contribution >= 4 is 35.0 Å². The summed E-state index contributed by atoms with van der Waals surface area (Å²) in [7, 11) is 0. The molecule has 0 unspecified atom stereocenters. The lowest BCUT2D eigenvalue weighted by molar-refractivity contribution is 0.813. The first-order chi connectivity index (χ1) is 4.72. The molecule has 0 bridgehead atoms. The molecule has 0 heterocycles. The summed E-state index contributed by atoms with van der Waals surface area (Å²) in [6.07, 6.45) is 0. The maximum atomic E-state index is 5.71. The minimum Gasteiger partial charge on any atom is -0.324 e. The normalized spacial score (nSPS) is 11.9. The molecule has 0 fully saturated rings. The van der Waals surface area contributed by atoms with Gasteiger partial charge in [0.25, 0.3) is 0 Å². The number of hydrogen-bond acceptors (Lipinski definition) is 1. The highest BCUT2D eigenvalue weighted by Crippen LogP contribution is 2.16. The Labute approximate surface area is 86.9 Å². The van der Waals surface area contributed by atoms with E-state index in [1.165, 1.54) is 9.13 Å². The van der Waals surface area contributed by atoms with Crippen molar-refractivity contribution in [2.45, 2.75) is 13.0 Å². The third-order valence-electron chi connectivity index (χ3n) is 1.40. The van der Waals surface area contributed by atoms with Crippen LogP contribution in [-0.4, -0.2) is 0 Å². The first kappa shape index (κ1) is 11.2. The second-order valence-corrected chi connectivity index (χ2v) is 3.47. The summed E-state index contributed by atoms with van der Waals surface area (Å²) in [5.41, 5.74) is 6.93. The smallest absolute Gasteiger partial charge is 0.0276 e. The third-order valence-corrected chi connectivity index (χ3v) is 2.38. The minimum atomic E-state index is 0. The molecule has 2 N–H and O–H groups in total. The topological polar surface area (TPSA) is 26.0 Å². The predicted molar refractivity (Wildman–Crippen MR) is 59.0 cm³/mol. The Balaban J connectivity index is 0.000001000. The Morgan fingerprint density at radius 1 is 1.36 bits per heavy atom. The van der Waals surface area contributed by atoms with Gasteiger partial charge in [-0.2, -0.15) is 0 Å². The van der Waals surface area contributed by atoms with Gasteiger partial charge in [0, 0.05) is 9.61 Å². The van der Waals surface area contributed by atoms with Crippen molar-refractivity contribution in [2.24, 2.45) is 5.73 Å². The van der Waals surface area contributed by atoms with E-state index in [0.29, 0.717) is 0 Å². The van der Waals surface area contributed by atoms with E-state index >= 15 is 0 Å². The van der Waals surface area contributed by atoms with Gasteiger partial charge in [0.05, 0.1) is 0 Å². The lowest BCUT2D eigenvalue weighted by atomic mass is 10.1. The highest BCUT2D eigenvalue weighted by Gasteiger charge is 2.01. The summed E-state index contributed by atoms with van der Waals surface area (Å²) in [6, 6.07) is 8.31. The van der Waals surface area contributed by atoms with Crippen LogP contribution in [0.1, 0.15) is 18.5 Å². The van der Waals surface area contributed by atoms with Crippen LogP contribution in [-0.2, 0) is 0 Å². The molecule has 1 rings (SSSR count). The van der Waals surface area contributed by atoms with Gasteiger partial charge in [0.15, 0.2) is 0 Å². The van der Waals surface area contributed by atoms with Crippen LogP contribution in [0.15, 0.2) is 24.3 Å². The van der Waals surface area contributed by atoms with Gasteiger partial charge in [-0.1, -0.05) is 18.2 Å². The zero-order valence-electron chi connectivity index (χ0n) is 6.25. The molecule has 0 aromatic heterocycles. The second-order valence-electron chi connectivity index (χ2n) is 2.31. The molecule has 1 aromatic carbocycles. The fourth-order valence-electron chi connectivity index (χ4n) is 0.844. The molecule has 0 aliphatic heterocycles. The molecule has 11 heavy (non-hydrogen) atoms. The van der Waals surface area contributed by atoms with Crippen LogP contribution < -0.4 is 5.73 Å². The molecule has 0 aliphatic rings. The van der Waals surface area contributed by atoms with Crippen molar-refractivity contribution in [3.8, 4) is 0 Å². The fourth-order valence-corrected chi connectivity index (χ4v) is 1.72. The summed E-state index contributed by atoms with van der Waals surface area (Å²) < 4.78 is 1.25. The summed E-state index contributed by atoms with van der Waals surface area (Å²) >= 11 is 2.30. The Morgan fingerprint density at radius 2 is 1.91 bits per heavy atom. The van der Waals surface area contributed by atoms with Crippen LogP contribution in [0.2, 0.25) is 0 Å². The van der Waals surface area contributed by atoms with Crippen LogP contribution >= 0.6 is 35.0 Å². The van der Waals surface area contributed by atoms with Crippen molar-refractivity contribution in [3.63, 3.8) is 0 Å². The van der Waals surface area contributed by atoms with Gasteiger partial charge >= 0.3 is 0 Å². The molecule has 0 radical (unpaired) electrons. The first-order valence-corrected chi connectivity index (χ1v) is 4.29. The maximum absolute atomic E-state index is 5.71. The van der Waals surface area contributed by atoms with Gasteiger partial charge in [0.1, 0.15) is 0 Å². The van der Waals surface area contributed by atoms with Crippen LogP contribution in [0.3, 0.4) is 0 Å². The Hall–Kier alpha value is 0.200. The van der Waals surface area contributed by atoms with Gasteiger partial charge in [-0.3, -0.25) is 0 Å². The largest absolute Gasteiger partial charge is 0.324 e. The van der Waals surface area contributed by atoms with Gasteiger partial charge in [-0.25, -0.2) is 0 Å². The van der Waals surface area contributed by atoms with E-state index in [-0.39, 0.29) is 18.4 Å². The zero-order valence-corrected chi connectivity index (χ0v) is 9.22. The summed E-state index contributed by atoms with van der Waals surface area (Å²) in [4.78, 5) is 0. The highest BCUT2D eigenvalue weighted by atomic mass is 127. The molecule has 0 amide bonds. The van der Waals surface area contributed by atoms with E-state index in [1.54, 1.807) is 0 Å². The van der Waals surface area contributed by atoms with Gasteiger partial charge < -0.3 is 5.73 Å². The second kappa shape index (κ2) is 4.95. The van der Waals surface area contributed by atoms with Gasteiger partial charge in [-0.05, 0) is 41.1 Å². The van der Waals surface area contributed by atoms with E-state index < -0.39 is 0 Å². The Kier molecular flexibility index (Phi) is 5.04. The van der Waals surface area contributed by atoms with Crippen molar-refractivity contribution in [2.75, 3.05) is 0 Å². The Morgan fingerprint density at radius 3 is 2.27 bits per heavy atom. The standard InChI is InChI=1S/C8H10IN.ClH/c1-6(10)7-4-2-3-5-8(7)9;/h2-6H,10H2,1H3;1H/t6-;/m1./s1. The lowest BCUT2D eigenvalue weighted by Gasteiger charge is -2.06. The molecule has 1 atom stereocenters. The number of nitrogens with two attached hydrogens (primary N) is 1. The van der Waals surface area contributed by atoms with Crippen LogP contribution in [0, 0.1) is 3.57 Å². The molecule has 0 saturated carbocycles. The van der Waals surface area contributed by atoms with Crippen LogP contribution in [0.25, 0.3) is 0 Å². The number of halogens is 2. The maximum Gasteiger partial charge on any atom is 0.0276 e. The monoisotopic (exact) mass is 283 g/mol. The third kappa shape index (κ3) is 2.97. The average Bonchev–Trinajstić information content (AvgIpc) is 1.88. The molecule has 1 aromatic rings. The summed E-state index contributed by atoms with van der Waals surface area (Å²) in [6.45, 7) is 2.00. The summed E-state index contributed by atoms with van der Waals surface area (Å²) in [5.74, 6) is 0.